The molecule has 0 aromatic heterocycles. The van der Waals surface area contributed by atoms with E-state index in [4.69, 9.17) is 37.1 Å². The number of hydrogen-bond acceptors (Lipinski definition) is 7. The Bertz CT molecular complexity index is 1480. The number of imide groups is 1. The molecule has 1 saturated heterocycles. The van der Waals surface area contributed by atoms with E-state index in [1.807, 2.05) is 29.2 Å². The molecule has 2 aromatic rings. The lowest BCUT2D eigenvalue weighted by Crippen LogP contribution is -2.59. The maximum atomic E-state index is 13.1. The molecule has 280 valence electrons. The predicted molar refractivity (Wildman–Crippen MR) is 171 cm³/mol. The minimum absolute atomic E-state index is 0.0378. The van der Waals surface area contributed by atoms with Crippen LogP contribution in [0.5, 0.6) is 0 Å². The zero-order valence-corrected chi connectivity index (χ0v) is 27.9. The highest BCUT2D eigenvalue weighted by Crippen LogP contribution is 2.32. The minimum Gasteiger partial charge on any atom is -0.475 e. The van der Waals surface area contributed by atoms with E-state index in [-0.39, 0.29) is 23.8 Å². The second-order valence-corrected chi connectivity index (χ2v) is 12.6. The number of rotatable bonds is 7. The van der Waals surface area contributed by atoms with Crippen LogP contribution in [0.3, 0.4) is 0 Å². The van der Waals surface area contributed by atoms with Crippen LogP contribution in [-0.4, -0.2) is 112 Å². The zero-order chi connectivity index (χ0) is 38.1. The van der Waals surface area contributed by atoms with Crippen molar-refractivity contribution in [2.75, 3.05) is 32.7 Å². The first-order chi connectivity index (χ1) is 23.8. The molecular formula is C33H37ClF6N4O7. The number of carbonyl (C=O) groups excluding carboxylic acids is 3. The number of nitrogens with zero attached hydrogens (tertiary/aromatic N) is 3. The summed E-state index contributed by atoms with van der Waals surface area (Å²) in [6.07, 6.45) is -3.87. The third-order valence-corrected chi connectivity index (χ3v) is 8.96. The fraction of sp³-hybridized carbons (Fsp3) is 0.485. The van der Waals surface area contributed by atoms with Crippen molar-refractivity contribution in [3.8, 4) is 0 Å². The molecule has 2 atom stereocenters. The largest absolute Gasteiger partial charge is 0.490 e. The summed E-state index contributed by atoms with van der Waals surface area (Å²) in [4.78, 5) is 62.8. The van der Waals surface area contributed by atoms with Gasteiger partial charge < -0.3 is 20.8 Å². The summed E-state index contributed by atoms with van der Waals surface area (Å²) in [6, 6.07) is 14.0. The van der Waals surface area contributed by atoms with Gasteiger partial charge in [-0.2, -0.15) is 26.3 Å². The number of carbonyl (C=O) groups is 5. The Morgan fingerprint density at radius 2 is 1.24 bits per heavy atom. The lowest BCUT2D eigenvalue weighted by atomic mass is 9.82. The van der Waals surface area contributed by atoms with Gasteiger partial charge in [0.2, 0.25) is 5.91 Å². The Morgan fingerprint density at radius 3 is 1.67 bits per heavy atom. The Labute approximate surface area is 293 Å². The number of carboxylic acid groups (broad SMARTS) is 2. The van der Waals surface area contributed by atoms with Crippen molar-refractivity contribution in [3.63, 3.8) is 0 Å². The van der Waals surface area contributed by atoms with Crippen LogP contribution < -0.4 is 5.73 Å². The second-order valence-electron chi connectivity index (χ2n) is 12.1. The Balaban J connectivity index is 0.000000424. The number of halogens is 7. The molecule has 3 aliphatic rings. The maximum absolute atomic E-state index is 13.1. The van der Waals surface area contributed by atoms with E-state index in [1.165, 1.54) is 24.2 Å². The van der Waals surface area contributed by atoms with Crippen LogP contribution in [0.4, 0.5) is 26.3 Å². The van der Waals surface area contributed by atoms with E-state index in [2.05, 4.69) is 4.90 Å². The summed E-state index contributed by atoms with van der Waals surface area (Å²) in [5, 5.41) is 14.9. The highest BCUT2D eigenvalue weighted by molar-refractivity contribution is 6.30. The molecule has 18 heteroatoms. The molecule has 51 heavy (non-hydrogen) atoms. The molecule has 4 N–H and O–H groups in total. The average molecular weight is 751 g/mol. The van der Waals surface area contributed by atoms with Gasteiger partial charge in [-0.3, -0.25) is 24.2 Å². The maximum Gasteiger partial charge on any atom is 0.490 e. The number of alkyl halides is 6. The van der Waals surface area contributed by atoms with Crippen LogP contribution in [0.25, 0.3) is 0 Å². The smallest absolute Gasteiger partial charge is 0.475 e. The van der Waals surface area contributed by atoms with E-state index in [1.54, 1.807) is 24.3 Å². The molecule has 3 amide bonds. The fourth-order valence-corrected chi connectivity index (χ4v) is 6.27. The van der Waals surface area contributed by atoms with E-state index < -0.39 is 30.3 Å². The number of aliphatic carboxylic acids is 2. The van der Waals surface area contributed by atoms with Crippen molar-refractivity contribution in [2.45, 2.75) is 63.0 Å². The van der Waals surface area contributed by atoms with Crippen molar-refractivity contribution in [2.24, 2.45) is 11.7 Å². The first-order valence-electron chi connectivity index (χ1n) is 15.9. The third-order valence-electron chi connectivity index (χ3n) is 8.71. The van der Waals surface area contributed by atoms with Gasteiger partial charge in [0.05, 0.1) is 17.2 Å². The second kappa shape index (κ2) is 17.8. The standard InChI is InChI=1S/C29H35ClN4O3.2C2HF3O2/c30-22-12-10-20(11-13-22)18-25(31)29(37)33-16-14-32(15-17-33)26(21-6-2-1-3-7-21)19-34-27(35)23-8-4-5-9-24(23)28(34)36;2*3-2(4,5)1(6)7/h4-5,8-13,21,25-26H,1-3,6-7,14-19,31H2;2*(H,6,7). The van der Waals surface area contributed by atoms with Crippen molar-refractivity contribution in [3.05, 3.63) is 70.2 Å². The minimum atomic E-state index is -5.08. The van der Waals surface area contributed by atoms with Crippen LogP contribution in [0.15, 0.2) is 48.5 Å². The fourth-order valence-electron chi connectivity index (χ4n) is 6.14. The van der Waals surface area contributed by atoms with Crippen molar-refractivity contribution < 1.29 is 60.5 Å². The van der Waals surface area contributed by atoms with Crippen LogP contribution in [0, 0.1) is 5.92 Å². The van der Waals surface area contributed by atoms with Gasteiger partial charge in [0, 0.05) is 43.8 Å². The Morgan fingerprint density at radius 1 is 0.784 bits per heavy atom. The highest BCUT2D eigenvalue weighted by Gasteiger charge is 2.41. The number of hydrogen-bond donors (Lipinski definition) is 3. The Kier molecular flexibility index (Phi) is 14.4. The SMILES string of the molecule is NC(Cc1ccc(Cl)cc1)C(=O)N1CCN(C(CN2C(=O)c3ccccc3C2=O)C2CCCCC2)CC1.O=C(O)C(F)(F)F.O=C(O)C(F)(F)F. The van der Waals surface area contributed by atoms with Gasteiger partial charge in [-0.1, -0.05) is 55.1 Å². The van der Waals surface area contributed by atoms with Crippen molar-refractivity contribution in [1.82, 2.24) is 14.7 Å². The van der Waals surface area contributed by atoms with Gasteiger partial charge in [0.25, 0.3) is 11.8 Å². The Hall–Kier alpha value is -4.22. The molecular weight excluding hydrogens is 714 g/mol. The molecule has 2 aromatic carbocycles. The lowest BCUT2D eigenvalue weighted by molar-refractivity contribution is -0.193. The number of benzene rings is 2. The molecule has 2 unspecified atom stereocenters. The van der Waals surface area contributed by atoms with Crippen LogP contribution >= 0.6 is 11.6 Å². The number of piperazine rings is 1. The molecule has 0 spiro atoms. The normalized spacial score (nSPS) is 18.1. The zero-order valence-electron chi connectivity index (χ0n) is 27.1. The monoisotopic (exact) mass is 750 g/mol. The van der Waals surface area contributed by atoms with Crippen LogP contribution in [0.1, 0.15) is 58.4 Å². The van der Waals surface area contributed by atoms with E-state index in [0.717, 1.165) is 18.4 Å². The molecule has 0 radical (unpaired) electrons. The van der Waals surface area contributed by atoms with E-state index in [0.29, 0.717) is 61.2 Å². The quantitative estimate of drug-likeness (QED) is 0.265. The van der Waals surface area contributed by atoms with E-state index >= 15 is 0 Å². The van der Waals surface area contributed by atoms with Gasteiger partial charge in [0.15, 0.2) is 0 Å². The molecule has 11 nitrogen and oxygen atoms in total. The number of amides is 3. The van der Waals surface area contributed by atoms with Crippen LogP contribution in [-0.2, 0) is 20.8 Å². The molecule has 2 fully saturated rings. The predicted octanol–water partition coefficient (Wildman–Crippen LogP) is 4.87. The summed E-state index contributed by atoms with van der Waals surface area (Å²) in [7, 11) is 0. The van der Waals surface area contributed by atoms with Gasteiger partial charge >= 0.3 is 24.3 Å². The summed E-state index contributed by atoms with van der Waals surface area (Å²) < 4.78 is 63.5. The molecule has 2 aliphatic heterocycles. The first-order valence-corrected chi connectivity index (χ1v) is 16.3. The highest BCUT2D eigenvalue weighted by atomic mass is 35.5. The van der Waals surface area contributed by atoms with Gasteiger partial charge in [-0.15, -0.1) is 0 Å². The van der Waals surface area contributed by atoms with Crippen LogP contribution in [0.2, 0.25) is 5.02 Å². The van der Waals surface area contributed by atoms with E-state index in [9.17, 15) is 40.7 Å². The summed E-state index contributed by atoms with van der Waals surface area (Å²) in [5.41, 5.74) is 8.28. The molecule has 2 heterocycles. The van der Waals surface area contributed by atoms with Crippen molar-refractivity contribution in [1.29, 1.82) is 0 Å². The topological polar surface area (TPSA) is 162 Å². The summed E-state index contributed by atoms with van der Waals surface area (Å²) in [5.74, 6) is -5.50. The van der Waals surface area contributed by atoms with Crippen molar-refractivity contribution >= 4 is 41.3 Å². The molecule has 1 saturated carbocycles. The average Bonchev–Trinajstić information content (AvgIpc) is 3.32. The third kappa shape index (κ3) is 11.7. The number of carboxylic acids is 2. The lowest BCUT2D eigenvalue weighted by Gasteiger charge is -2.44. The first kappa shape index (κ1) is 41.2. The number of nitrogens with two attached hydrogens (primary N) is 1. The number of fused-ring (bicyclic) bond motifs is 1. The summed E-state index contributed by atoms with van der Waals surface area (Å²) in [6.45, 7) is 3.02. The van der Waals surface area contributed by atoms with Gasteiger partial charge in [0.1, 0.15) is 0 Å². The molecule has 1 aliphatic carbocycles. The summed E-state index contributed by atoms with van der Waals surface area (Å²) >= 11 is 5.97. The molecule has 0 bridgehead atoms. The van der Waals surface area contributed by atoms with Gasteiger partial charge in [-0.05, 0) is 55.0 Å². The molecule has 5 rings (SSSR count). The van der Waals surface area contributed by atoms with Gasteiger partial charge in [-0.25, -0.2) is 9.59 Å².